The van der Waals surface area contributed by atoms with E-state index in [0.717, 1.165) is 5.52 Å². The Morgan fingerprint density at radius 1 is 1.13 bits per heavy atom. The number of ether oxygens (including phenoxy) is 1. The normalized spacial score (nSPS) is 17.8. The number of hydrogen-bond donors (Lipinski definition) is 2. The number of rotatable bonds is 2. The van der Waals surface area contributed by atoms with E-state index in [-0.39, 0.29) is 5.56 Å². The Hall–Kier alpha value is -3.29. The minimum absolute atomic E-state index is 0.195. The average Bonchev–Trinajstić information content (AvgIpc) is 3.23. The van der Waals surface area contributed by atoms with Gasteiger partial charge in [-0.15, -0.1) is 0 Å². The number of aryl methyl sites for hydroxylation is 1. The highest BCUT2D eigenvalue weighted by molar-refractivity contribution is 6.31. The van der Waals surface area contributed by atoms with Crippen LogP contribution in [0.3, 0.4) is 0 Å². The predicted molar refractivity (Wildman–Crippen MR) is 114 cm³/mol. The Labute approximate surface area is 176 Å². The monoisotopic (exact) mass is 423 g/mol. The maximum atomic E-state index is 13.7. The number of halogens is 1. The van der Waals surface area contributed by atoms with Crippen molar-refractivity contribution in [2.45, 2.75) is 5.60 Å². The van der Waals surface area contributed by atoms with Gasteiger partial charge in [0, 0.05) is 41.0 Å². The van der Waals surface area contributed by atoms with Gasteiger partial charge in [-0.25, -0.2) is 0 Å². The molecule has 1 aliphatic rings. The van der Waals surface area contributed by atoms with Crippen LogP contribution in [0.15, 0.2) is 42.5 Å². The highest BCUT2D eigenvalue weighted by Crippen LogP contribution is 2.51. The van der Waals surface area contributed by atoms with E-state index in [1.807, 2.05) is 23.7 Å². The summed E-state index contributed by atoms with van der Waals surface area (Å²) in [6.45, 7) is 0. The predicted octanol–water partition coefficient (Wildman–Crippen LogP) is 3.05. The molecular weight excluding hydrogens is 406 g/mol. The van der Waals surface area contributed by atoms with Crippen LogP contribution in [0.25, 0.3) is 33.2 Å². The summed E-state index contributed by atoms with van der Waals surface area (Å²) in [5.41, 5.74) is 0.0353. The molecule has 2 aromatic carbocycles. The van der Waals surface area contributed by atoms with E-state index in [4.69, 9.17) is 16.3 Å². The van der Waals surface area contributed by atoms with Crippen molar-refractivity contribution in [2.24, 2.45) is 7.05 Å². The molecule has 0 aliphatic carbocycles. The molecule has 2 aromatic heterocycles. The second-order valence-corrected chi connectivity index (χ2v) is 7.71. The molecule has 4 aromatic rings. The molecule has 8 heteroatoms. The third kappa shape index (κ3) is 2.03. The average molecular weight is 424 g/mol. The zero-order chi connectivity index (χ0) is 21.4. The van der Waals surface area contributed by atoms with Gasteiger partial charge in [-0.3, -0.25) is 14.2 Å². The van der Waals surface area contributed by atoms with Crippen molar-refractivity contribution in [3.8, 4) is 17.1 Å². The molecular formula is C22H18ClN3O4. The molecule has 1 aliphatic heterocycles. The van der Waals surface area contributed by atoms with Crippen LogP contribution in [0, 0.1) is 0 Å². The van der Waals surface area contributed by atoms with Crippen LogP contribution in [0.4, 0.5) is 0 Å². The van der Waals surface area contributed by atoms with Gasteiger partial charge in [0.2, 0.25) is 0 Å². The van der Waals surface area contributed by atoms with Gasteiger partial charge < -0.3 is 19.7 Å². The molecule has 1 amide bonds. The molecule has 0 fully saturated rings. The van der Waals surface area contributed by atoms with Gasteiger partial charge >= 0.3 is 0 Å². The van der Waals surface area contributed by atoms with Crippen LogP contribution < -0.4 is 10.1 Å². The zero-order valence-electron chi connectivity index (χ0n) is 16.5. The zero-order valence-corrected chi connectivity index (χ0v) is 17.2. The third-order valence-corrected chi connectivity index (χ3v) is 6.08. The van der Waals surface area contributed by atoms with Crippen molar-refractivity contribution < 1.29 is 19.4 Å². The maximum Gasteiger partial charge on any atom is 0.278 e. The number of hydrogen-bond acceptors (Lipinski definition) is 4. The SMILES string of the molecule is CNC(=O)C1(O)C(=O)n2c(c(OC)c3ccccc32)-c2c1c1cc(Cl)ccc1n2C. The molecule has 152 valence electrons. The van der Waals surface area contributed by atoms with Gasteiger partial charge in [0.1, 0.15) is 5.69 Å². The summed E-state index contributed by atoms with van der Waals surface area (Å²) in [7, 11) is 4.73. The fourth-order valence-corrected chi connectivity index (χ4v) is 4.73. The number of carbonyl (C=O) groups excluding carboxylic acids is 2. The Kier molecular flexibility index (Phi) is 3.81. The van der Waals surface area contributed by atoms with E-state index >= 15 is 0 Å². The minimum Gasteiger partial charge on any atom is -0.494 e. The lowest BCUT2D eigenvalue weighted by molar-refractivity contribution is -0.135. The molecule has 0 spiro atoms. The number of fused-ring (bicyclic) bond motifs is 7. The Morgan fingerprint density at radius 2 is 1.87 bits per heavy atom. The van der Waals surface area contributed by atoms with Crippen LogP contribution in [-0.4, -0.2) is 40.2 Å². The lowest BCUT2D eigenvalue weighted by Crippen LogP contribution is -2.53. The van der Waals surface area contributed by atoms with Crippen LogP contribution in [0.1, 0.15) is 10.4 Å². The van der Waals surface area contributed by atoms with Gasteiger partial charge in [0.25, 0.3) is 17.4 Å². The topological polar surface area (TPSA) is 85.5 Å². The first-order valence-electron chi connectivity index (χ1n) is 9.31. The number of methoxy groups -OCH3 is 1. The van der Waals surface area contributed by atoms with Crippen molar-refractivity contribution in [2.75, 3.05) is 14.2 Å². The molecule has 3 heterocycles. The molecule has 7 nitrogen and oxygen atoms in total. The fourth-order valence-electron chi connectivity index (χ4n) is 4.56. The van der Waals surface area contributed by atoms with Crippen LogP contribution in [0.5, 0.6) is 5.75 Å². The number of carbonyl (C=O) groups is 2. The van der Waals surface area contributed by atoms with Crippen molar-refractivity contribution >= 4 is 45.2 Å². The van der Waals surface area contributed by atoms with Crippen LogP contribution in [-0.2, 0) is 17.4 Å². The first-order chi connectivity index (χ1) is 14.4. The van der Waals surface area contributed by atoms with Crippen molar-refractivity contribution in [3.63, 3.8) is 0 Å². The highest BCUT2D eigenvalue weighted by atomic mass is 35.5. The lowest BCUT2D eigenvalue weighted by atomic mass is 9.85. The molecule has 0 radical (unpaired) electrons. The largest absolute Gasteiger partial charge is 0.494 e. The highest BCUT2D eigenvalue weighted by Gasteiger charge is 2.55. The van der Waals surface area contributed by atoms with Crippen LogP contribution >= 0.6 is 11.6 Å². The number of aliphatic hydroxyl groups is 1. The molecule has 0 saturated carbocycles. The second-order valence-electron chi connectivity index (χ2n) is 7.27. The van der Waals surface area contributed by atoms with Crippen molar-refractivity contribution in [1.82, 2.24) is 14.5 Å². The number of nitrogens with zero attached hydrogens (tertiary/aromatic N) is 2. The van der Waals surface area contributed by atoms with E-state index in [1.165, 1.54) is 18.7 Å². The van der Waals surface area contributed by atoms with E-state index in [2.05, 4.69) is 5.32 Å². The maximum absolute atomic E-state index is 13.7. The molecule has 1 unspecified atom stereocenters. The van der Waals surface area contributed by atoms with E-state index in [9.17, 15) is 14.7 Å². The first kappa shape index (κ1) is 18.7. The molecule has 5 rings (SSSR count). The fraction of sp³-hybridized carbons (Fsp3) is 0.182. The first-order valence-corrected chi connectivity index (χ1v) is 9.69. The summed E-state index contributed by atoms with van der Waals surface area (Å²) in [5, 5.41) is 15.8. The summed E-state index contributed by atoms with van der Waals surface area (Å²) in [6, 6.07) is 12.4. The lowest BCUT2D eigenvalue weighted by Gasteiger charge is -2.31. The quantitative estimate of drug-likeness (QED) is 0.485. The Balaban J connectivity index is 2.08. The molecule has 1 atom stereocenters. The number of benzene rings is 2. The van der Waals surface area contributed by atoms with Gasteiger partial charge in [-0.05, 0) is 30.3 Å². The van der Waals surface area contributed by atoms with Gasteiger partial charge in [0.15, 0.2) is 5.75 Å². The Morgan fingerprint density at radius 3 is 2.57 bits per heavy atom. The summed E-state index contributed by atoms with van der Waals surface area (Å²) < 4.78 is 8.92. The van der Waals surface area contributed by atoms with Gasteiger partial charge in [-0.1, -0.05) is 23.7 Å². The molecule has 2 N–H and O–H groups in total. The van der Waals surface area contributed by atoms with Crippen molar-refractivity contribution in [3.05, 3.63) is 53.1 Å². The third-order valence-electron chi connectivity index (χ3n) is 5.85. The standard InChI is InChI=1S/C22H18ClN3O4/c1-24-20(27)22(29)16-13-10-11(23)8-9-14(13)25(2)17(16)18-19(30-3)12-6-4-5-7-15(12)26(18)21(22)28/h4-10,29H,1-3H3,(H,24,27). The molecule has 0 saturated heterocycles. The number of para-hydroxylation sites is 1. The van der Waals surface area contributed by atoms with Gasteiger partial charge in [0.05, 0.1) is 18.3 Å². The minimum atomic E-state index is -2.44. The van der Waals surface area contributed by atoms with E-state index in [1.54, 1.807) is 30.3 Å². The number of likely N-dealkylation sites (N-methyl/N-ethyl adjacent to an activating group) is 1. The van der Waals surface area contributed by atoms with E-state index < -0.39 is 17.4 Å². The summed E-state index contributed by atoms with van der Waals surface area (Å²) in [5.74, 6) is -1.09. The smallest absolute Gasteiger partial charge is 0.278 e. The van der Waals surface area contributed by atoms with Crippen molar-refractivity contribution in [1.29, 1.82) is 0 Å². The summed E-state index contributed by atoms with van der Waals surface area (Å²) >= 11 is 6.23. The Bertz CT molecular complexity index is 1400. The van der Waals surface area contributed by atoms with E-state index in [0.29, 0.717) is 38.4 Å². The molecule has 30 heavy (non-hydrogen) atoms. The number of aromatic nitrogens is 2. The second kappa shape index (κ2) is 6.10. The molecule has 0 bridgehead atoms. The number of nitrogens with one attached hydrogen (secondary N) is 1. The summed E-state index contributed by atoms with van der Waals surface area (Å²) in [6.07, 6.45) is 0. The van der Waals surface area contributed by atoms with Gasteiger partial charge in [-0.2, -0.15) is 0 Å². The van der Waals surface area contributed by atoms with Crippen LogP contribution in [0.2, 0.25) is 5.02 Å². The number of amides is 1. The summed E-state index contributed by atoms with van der Waals surface area (Å²) in [4.78, 5) is 26.7.